The first-order valence-corrected chi connectivity index (χ1v) is 22.7. The van der Waals surface area contributed by atoms with Crippen LogP contribution >= 0.6 is 17.2 Å². The number of hydrogen-bond acceptors (Lipinski definition) is 0. The van der Waals surface area contributed by atoms with E-state index in [4.69, 9.17) is 0 Å². The van der Waals surface area contributed by atoms with Gasteiger partial charge in [0.25, 0.3) is 0 Å². The predicted molar refractivity (Wildman–Crippen MR) is 221 cm³/mol. The third-order valence-electron chi connectivity index (χ3n) is 15.7. The zero-order valence-corrected chi connectivity index (χ0v) is 32.6. The fourth-order valence-electron chi connectivity index (χ4n) is 14.6. The minimum Gasteiger partial charge on any atom is -0.361 e. The quantitative estimate of drug-likeness (QED) is 0.142. The molecule has 1 unspecified atom stereocenters. The maximum absolute atomic E-state index is 3.93. The van der Waals surface area contributed by atoms with Crippen molar-refractivity contribution >= 4 is 28.0 Å². The first-order chi connectivity index (χ1) is 25.5. The topological polar surface area (TPSA) is 31.6 Å². The lowest BCUT2D eigenvalue weighted by molar-refractivity contribution is -0.158. The van der Waals surface area contributed by atoms with Crippen LogP contribution in [0.1, 0.15) is 88.2 Å². The molecule has 2 N–H and O–H groups in total. The van der Waals surface area contributed by atoms with Crippen LogP contribution in [0.15, 0.2) is 109 Å². The third kappa shape index (κ3) is 5.02. The summed E-state index contributed by atoms with van der Waals surface area (Å²) in [5.41, 5.74) is 12.3. The smallest absolute Gasteiger partial charge is 0.0448 e. The normalized spacial score (nSPS) is 33.9. The summed E-state index contributed by atoms with van der Waals surface area (Å²) >= 11 is 0. The van der Waals surface area contributed by atoms with E-state index >= 15 is 0 Å². The van der Waals surface area contributed by atoms with Gasteiger partial charge in [-0.05, 0) is 201 Å². The van der Waals surface area contributed by atoms with Gasteiger partial charge in [0.1, 0.15) is 0 Å². The van der Waals surface area contributed by atoms with E-state index in [2.05, 4.69) is 129 Å². The minimum absolute atomic E-state index is 0.0621. The Hall–Kier alpha value is -2.92. The molecule has 3 aromatic carbocycles. The first kappa shape index (κ1) is 32.5. The van der Waals surface area contributed by atoms with Gasteiger partial charge in [0.2, 0.25) is 0 Å². The molecule has 13 rings (SSSR count). The van der Waals surface area contributed by atoms with E-state index in [0.717, 1.165) is 41.7 Å². The molecule has 0 radical (unpaired) electrons. The summed E-state index contributed by atoms with van der Waals surface area (Å²) in [6.07, 6.45) is 23.0. The molecule has 0 aliphatic heterocycles. The summed E-state index contributed by atoms with van der Waals surface area (Å²) in [5, 5.41) is 0.0621. The molecule has 8 aliphatic rings. The number of aromatic amines is 2. The molecule has 5 aromatic rings. The Morgan fingerprint density at radius 1 is 0.538 bits per heavy atom. The lowest BCUT2D eigenvalue weighted by atomic mass is 9.37. The molecule has 8 aliphatic carbocycles. The molecule has 2 aromatic heterocycles. The van der Waals surface area contributed by atoms with Gasteiger partial charge in [0.15, 0.2) is 0 Å². The van der Waals surface area contributed by atoms with Crippen LogP contribution in [0.25, 0.3) is 22.3 Å². The Kier molecular flexibility index (Phi) is 7.69. The highest BCUT2D eigenvalue weighted by molar-refractivity contribution is 7.71. The van der Waals surface area contributed by atoms with Crippen molar-refractivity contribution in [3.63, 3.8) is 0 Å². The van der Waals surface area contributed by atoms with Gasteiger partial charge in [-0.15, -0.1) is 9.24 Å². The van der Waals surface area contributed by atoms with Crippen molar-refractivity contribution in [3.05, 3.63) is 121 Å². The van der Waals surface area contributed by atoms with Crippen LogP contribution in [0.5, 0.6) is 0 Å². The van der Waals surface area contributed by atoms with Crippen molar-refractivity contribution in [1.82, 2.24) is 9.97 Å². The van der Waals surface area contributed by atoms with E-state index < -0.39 is 7.92 Å². The molecular weight excluding hydrogens is 666 g/mol. The minimum atomic E-state index is -0.648. The largest absolute Gasteiger partial charge is 0.361 e. The summed E-state index contributed by atoms with van der Waals surface area (Å²) in [7, 11) is 3.28. The Morgan fingerprint density at radius 2 is 0.942 bits per heavy atom. The molecule has 2 heterocycles. The third-order valence-corrected chi connectivity index (χ3v) is 19.6. The van der Waals surface area contributed by atoms with Crippen LogP contribution in [0.2, 0.25) is 0 Å². The maximum Gasteiger partial charge on any atom is 0.0448 e. The van der Waals surface area contributed by atoms with Crippen molar-refractivity contribution in [2.24, 2.45) is 46.3 Å². The summed E-state index contributed by atoms with van der Waals surface area (Å²) in [6.45, 7) is 0. The fourth-order valence-corrected chi connectivity index (χ4v) is 17.8. The zero-order chi connectivity index (χ0) is 34.5. The number of benzene rings is 3. The van der Waals surface area contributed by atoms with Crippen LogP contribution in [0.3, 0.4) is 0 Å². The molecule has 8 bridgehead atoms. The van der Waals surface area contributed by atoms with Gasteiger partial charge in [0, 0.05) is 34.6 Å². The second-order valence-electron chi connectivity index (χ2n) is 18.7. The second-order valence-corrected chi connectivity index (χ2v) is 21.7. The summed E-state index contributed by atoms with van der Waals surface area (Å²) in [4.78, 5) is 7.42. The Labute approximate surface area is 314 Å². The average molecular weight is 721 g/mol. The van der Waals surface area contributed by atoms with Crippen molar-refractivity contribution in [2.45, 2.75) is 88.4 Å². The highest BCUT2D eigenvalue weighted by Crippen LogP contribution is 2.78. The van der Waals surface area contributed by atoms with Crippen LogP contribution in [0.4, 0.5) is 0 Å². The lowest BCUT2D eigenvalue weighted by Gasteiger charge is -2.72. The number of aromatic nitrogens is 2. The number of rotatable bonds is 9. The highest BCUT2D eigenvalue weighted by atomic mass is 31.1. The molecule has 8 fully saturated rings. The maximum atomic E-state index is 3.93. The monoisotopic (exact) mass is 720 g/mol. The van der Waals surface area contributed by atoms with E-state index in [9.17, 15) is 0 Å². The first-order valence-electron chi connectivity index (χ1n) is 20.6. The molecule has 0 saturated heterocycles. The summed E-state index contributed by atoms with van der Waals surface area (Å²) < 4.78 is 0. The van der Waals surface area contributed by atoms with Gasteiger partial charge in [-0.2, -0.15) is 0 Å². The van der Waals surface area contributed by atoms with Gasteiger partial charge in [0.05, 0.1) is 0 Å². The number of H-pyrrole nitrogens is 2. The van der Waals surface area contributed by atoms with Crippen LogP contribution in [-0.2, 0) is 11.3 Å². The molecule has 52 heavy (non-hydrogen) atoms. The van der Waals surface area contributed by atoms with Crippen molar-refractivity contribution in [1.29, 1.82) is 0 Å². The SMILES string of the molecule is PC(c1cc(-c2ccccc2)c(-c2ccccc2)cc1CP(c1ccc[nH]1)c1ccc[nH]1)(C12CC3CC(CC(C3)C1)C2)C12CC3CC(CC(C3)C1)C2. The molecule has 1 atom stereocenters. The number of hydrogen-bond donors (Lipinski definition) is 2. The second kappa shape index (κ2) is 12.3. The standard InChI is InChI=1S/C48H54N2P2/c51-48(46-25-32-17-33(26-46)19-34(18-32)27-46,47-28-35-20-36(29-47)22-37(21-35)30-47)43-24-42(39-11-5-2-6-12-39)41(38-9-3-1-4-10-38)23-40(43)31-52(44-13-7-15-49-44)45-14-8-16-50-45/h1-16,23-24,32-37,49-50H,17-22,25-31,51H2. The van der Waals surface area contributed by atoms with Crippen molar-refractivity contribution < 1.29 is 0 Å². The van der Waals surface area contributed by atoms with Crippen LogP contribution in [0, 0.1) is 46.3 Å². The average Bonchev–Trinajstić information content (AvgIpc) is 3.89. The molecule has 0 spiro atoms. The molecular formula is C48H54N2P2. The van der Waals surface area contributed by atoms with Crippen LogP contribution < -0.4 is 10.9 Å². The Balaban J connectivity index is 1.20. The summed E-state index contributed by atoms with van der Waals surface area (Å²) in [5.74, 6) is 5.56. The van der Waals surface area contributed by atoms with E-state index in [1.54, 1.807) is 11.1 Å². The Bertz CT molecular complexity index is 1900. The van der Waals surface area contributed by atoms with E-state index in [0.29, 0.717) is 10.8 Å². The van der Waals surface area contributed by atoms with E-state index in [1.165, 1.54) is 110 Å². The fraction of sp³-hybridized carbons (Fsp3) is 0.458. The van der Waals surface area contributed by atoms with Gasteiger partial charge in [-0.3, -0.25) is 0 Å². The van der Waals surface area contributed by atoms with E-state index in [-0.39, 0.29) is 5.16 Å². The van der Waals surface area contributed by atoms with Gasteiger partial charge in [-0.1, -0.05) is 60.7 Å². The molecule has 4 heteroatoms. The van der Waals surface area contributed by atoms with Crippen molar-refractivity contribution in [3.8, 4) is 22.3 Å². The highest BCUT2D eigenvalue weighted by Gasteiger charge is 2.69. The van der Waals surface area contributed by atoms with E-state index in [1.807, 2.05) is 0 Å². The van der Waals surface area contributed by atoms with Gasteiger partial charge in [-0.25, -0.2) is 0 Å². The van der Waals surface area contributed by atoms with Crippen molar-refractivity contribution in [2.75, 3.05) is 0 Å². The molecule has 2 nitrogen and oxygen atoms in total. The number of nitrogens with one attached hydrogen (secondary N) is 2. The van der Waals surface area contributed by atoms with Gasteiger partial charge >= 0.3 is 0 Å². The van der Waals surface area contributed by atoms with Crippen LogP contribution in [-0.4, -0.2) is 9.97 Å². The zero-order valence-electron chi connectivity index (χ0n) is 30.6. The summed E-state index contributed by atoms with van der Waals surface area (Å²) in [6, 6.07) is 37.4. The molecule has 266 valence electrons. The lowest BCUT2D eigenvalue weighted by Crippen LogP contribution is -2.64. The van der Waals surface area contributed by atoms with Gasteiger partial charge < -0.3 is 9.97 Å². The molecule has 8 saturated carbocycles. The molecule has 0 amide bonds. The Morgan fingerprint density at radius 3 is 1.33 bits per heavy atom. The predicted octanol–water partition coefficient (Wildman–Crippen LogP) is 11.8.